The molecule has 2 rings (SSSR count). The van der Waals surface area contributed by atoms with Gasteiger partial charge in [0.05, 0.1) is 6.42 Å². The third kappa shape index (κ3) is 3.08. The number of hydrogen-bond acceptors (Lipinski definition) is 3. The van der Waals surface area contributed by atoms with Gasteiger partial charge in [-0.1, -0.05) is 37.3 Å². The zero-order valence-electron chi connectivity index (χ0n) is 11.4. The lowest BCUT2D eigenvalue weighted by Crippen LogP contribution is -2.17. The van der Waals surface area contributed by atoms with E-state index in [1.165, 1.54) is 6.33 Å². The molecule has 2 aromatic rings. The summed E-state index contributed by atoms with van der Waals surface area (Å²) in [5, 5.41) is 4.10. The molecule has 1 heterocycles. The Bertz CT molecular complexity index is 533. The Kier molecular flexibility index (Phi) is 4.44. The third-order valence-corrected chi connectivity index (χ3v) is 3.33. The van der Waals surface area contributed by atoms with Crippen molar-refractivity contribution < 1.29 is 4.79 Å². The molecule has 4 heteroatoms. The number of Topliss-reactive ketones (excluding diaryl/α,β-unsaturated/α-hetero) is 1. The summed E-state index contributed by atoms with van der Waals surface area (Å²) in [7, 11) is 0. The maximum atomic E-state index is 12.4. The first-order valence-corrected chi connectivity index (χ1v) is 6.70. The molecule has 0 amide bonds. The minimum atomic E-state index is -0.0526. The van der Waals surface area contributed by atoms with Crippen molar-refractivity contribution in [1.29, 1.82) is 0 Å². The van der Waals surface area contributed by atoms with E-state index in [2.05, 4.69) is 10.1 Å². The molecule has 0 bridgehead atoms. The zero-order chi connectivity index (χ0) is 13.7. The lowest BCUT2D eigenvalue weighted by atomic mass is 9.90. The van der Waals surface area contributed by atoms with Gasteiger partial charge in [-0.2, -0.15) is 5.10 Å². The topological polar surface area (TPSA) is 47.8 Å². The van der Waals surface area contributed by atoms with Crippen molar-refractivity contribution in [1.82, 2.24) is 14.8 Å². The van der Waals surface area contributed by atoms with Crippen LogP contribution in [0.4, 0.5) is 0 Å². The van der Waals surface area contributed by atoms with E-state index in [1.54, 1.807) is 4.68 Å². The monoisotopic (exact) mass is 257 g/mol. The van der Waals surface area contributed by atoms with Gasteiger partial charge in [-0.3, -0.25) is 4.79 Å². The van der Waals surface area contributed by atoms with Crippen LogP contribution in [0.2, 0.25) is 0 Å². The molecule has 100 valence electrons. The Labute approximate surface area is 113 Å². The lowest BCUT2D eigenvalue weighted by molar-refractivity contribution is -0.120. The molecule has 1 aromatic carbocycles. The molecule has 1 aromatic heterocycles. The molecule has 0 radical (unpaired) electrons. The maximum absolute atomic E-state index is 12.4. The number of aryl methyl sites for hydroxylation is 1. The van der Waals surface area contributed by atoms with Crippen molar-refractivity contribution in [3.05, 3.63) is 48.0 Å². The third-order valence-electron chi connectivity index (χ3n) is 3.33. The van der Waals surface area contributed by atoms with Crippen LogP contribution in [-0.2, 0) is 17.8 Å². The van der Waals surface area contributed by atoms with Gasteiger partial charge in [-0.05, 0) is 18.9 Å². The largest absolute Gasteiger partial charge is 0.299 e. The Morgan fingerprint density at radius 2 is 2.00 bits per heavy atom. The van der Waals surface area contributed by atoms with Crippen LogP contribution in [-0.4, -0.2) is 20.5 Å². The van der Waals surface area contributed by atoms with Crippen LogP contribution in [0.1, 0.15) is 37.6 Å². The van der Waals surface area contributed by atoms with Gasteiger partial charge < -0.3 is 0 Å². The summed E-state index contributed by atoms with van der Waals surface area (Å²) < 4.78 is 1.77. The molecule has 0 saturated heterocycles. The summed E-state index contributed by atoms with van der Waals surface area (Å²) in [5.74, 6) is 0.904. The highest BCUT2D eigenvalue weighted by Gasteiger charge is 2.20. The molecule has 4 nitrogen and oxygen atoms in total. The van der Waals surface area contributed by atoms with Crippen molar-refractivity contribution >= 4 is 5.78 Å². The summed E-state index contributed by atoms with van der Waals surface area (Å²) >= 11 is 0. The highest BCUT2D eigenvalue weighted by Crippen LogP contribution is 2.21. The van der Waals surface area contributed by atoms with Crippen LogP contribution in [0.25, 0.3) is 0 Å². The van der Waals surface area contributed by atoms with Crippen LogP contribution in [0, 0.1) is 0 Å². The van der Waals surface area contributed by atoms with E-state index in [9.17, 15) is 4.79 Å². The van der Waals surface area contributed by atoms with Crippen LogP contribution in [0.5, 0.6) is 0 Å². The first-order chi connectivity index (χ1) is 9.26. The van der Waals surface area contributed by atoms with Crippen molar-refractivity contribution in [3.8, 4) is 0 Å². The van der Waals surface area contributed by atoms with Gasteiger partial charge in [0.1, 0.15) is 17.9 Å². The van der Waals surface area contributed by atoms with Crippen LogP contribution < -0.4 is 0 Å². The van der Waals surface area contributed by atoms with Crippen molar-refractivity contribution in [2.24, 2.45) is 0 Å². The smallest absolute Gasteiger partial charge is 0.147 e. The summed E-state index contributed by atoms with van der Waals surface area (Å²) in [6.07, 6.45) is 2.67. The number of nitrogens with zero attached hydrogens (tertiary/aromatic N) is 3. The number of carbonyl (C=O) groups is 1. The Morgan fingerprint density at radius 3 is 2.63 bits per heavy atom. The molecular weight excluding hydrogens is 238 g/mol. The van der Waals surface area contributed by atoms with Crippen LogP contribution in [0.3, 0.4) is 0 Å². The fourth-order valence-electron chi connectivity index (χ4n) is 2.30. The van der Waals surface area contributed by atoms with E-state index >= 15 is 0 Å². The van der Waals surface area contributed by atoms with E-state index in [4.69, 9.17) is 0 Å². The summed E-state index contributed by atoms with van der Waals surface area (Å²) in [6, 6.07) is 9.93. The molecule has 0 fully saturated rings. The predicted octanol–water partition coefficient (Wildman–Crippen LogP) is 2.60. The number of aromatic nitrogens is 3. The van der Waals surface area contributed by atoms with E-state index in [-0.39, 0.29) is 11.7 Å². The van der Waals surface area contributed by atoms with E-state index in [0.717, 1.165) is 24.4 Å². The van der Waals surface area contributed by atoms with Crippen molar-refractivity contribution in [3.63, 3.8) is 0 Å². The molecule has 0 N–H and O–H groups in total. The predicted molar refractivity (Wildman–Crippen MR) is 73.9 cm³/mol. The standard InChI is InChI=1S/C15H19N3O/c1-3-13(12-8-6-5-7-9-12)14(19)10-15-16-11-17-18(15)4-2/h5-9,11,13H,3-4,10H2,1-2H3. The molecule has 0 aliphatic carbocycles. The quantitative estimate of drug-likeness (QED) is 0.799. The second-order valence-electron chi connectivity index (χ2n) is 4.51. The van der Waals surface area contributed by atoms with E-state index in [1.807, 2.05) is 44.2 Å². The summed E-state index contributed by atoms with van der Waals surface area (Å²) in [6.45, 7) is 4.78. The van der Waals surface area contributed by atoms with E-state index in [0.29, 0.717) is 6.42 Å². The molecule has 1 atom stereocenters. The normalized spacial score (nSPS) is 12.3. The zero-order valence-corrected chi connectivity index (χ0v) is 11.4. The molecule has 0 spiro atoms. The number of hydrogen-bond donors (Lipinski definition) is 0. The van der Waals surface area contributed by atoms with Gasteiger partial charge in [-0.15, -0.1) is 0 Å². The maximum Gasteiger partial charge on any atom is 0.147 e. The van der Waals surface area contributed by atoms with E-state index < -0.39 is 0 Å². The minimum absolute atomic E-state index is 0.0526. The fraction of sp³-hybridized carbons (Fsp3) is 0.400. The molecule has 0 aliphatic heterocycles. The minimum Gasteiger partial charge on any atom is -0.299 e. The average Bonchev–Trinajstić information content (AvgIpc) is 2.88. The SMILES string of the molecule is CCC(C(=O)Cc1ncnn1CC)c1ccccc1. The Hall–Kier alpha value is -1.97. The summed E-state index contributed by atoms with van der Waals surface area (Å²) in [5.41, 5.74) is 1.08. The van der Waals surface area contributed by atoms with Gasteiger partial charge in [0, 0.05) is 12.5 Å². The Morgan fingerprint density at radius 1 is 1.26 bits per heavy atom. The Balaban J connectivity index is 2.14. The number of ketones is 1. The average molecular weight is 257 g/mol. The van der Waals surface area contributed by atoms with Crippen LogP contribution in [0.15, 0.2) is 36.7 Å². The summed E-state index contributed by atoms with van der Waals surface area (Å²) in [4.78, 5) is 16.6. The number of rotatable bonds is 6. The number of benzene rings is 1. The second kappa shape index (κ2) is 6.27. The van der Waals surface area contributed by atoms with Crippen molar-refractivity contribution in [2.45, 2.75) is 39.2 Å². The van der Waals surface area contributed by atoms with Gasteiger partial charge in [-0.25, -0.2) is 9.67 Å². The molecule has 1 unspecified atom stereocenters. The highest BCUT2D eigenvalue weighted by atomic mass is 16.1. The molecular formula is C15H19N3O. The molecule has 19 heavy (non-hydrogen) atoms. The second-order valence-corrected chi connectivity index (χ2v) is 4.51. The fourth-order valence-corrected chi connectivity index (χ4v) is 2.30. The first-order valence-electron chi connectivity index (χ1n) is 6.70. The van der Waals surface area contributed by atoms with Crippen molar-refractivity contribution in [2.75, 3.05) is 0 Å². The molecule has 0 aliphatic rings. The van der Waals surface area contributed by atoms with Gasteiger partial charge in [0.25, 0.3) is 0 Å². The number of carbonyl (C=O) groups excluding carboxylic acids is 1. The molecule has 0 saturated carbocycles. The highest BCUT2D eigenvalue weighted by molar-refractivity contribution is 5.87. The van der Waals surface area contributed by atoms with Crippen LogP contribution >= 0.6 is 0 Å². The van der Waals surface area contributed by atoms with Gasteiger partial charge in [0.15, 0.2) is 0 Å². The first kappa shape index (κ1) is 13.5. The van der Waals surface area contributed by atoms with Gasteiger partial charge in [0.2, 0.25) is 0 Å². The van der Waals surface area contributed by atoms with Gasteiger partial charge >= 0.3 is 0 Å². The lowest BCUT2D eigenvalue weighted by Gasteiger charge is -2.14.